The van der Waals surface area contributed by atoms with E-state index >= 15 is 0 Å². The molecule has 0 heterocycles. The normalized spacial score (nSPS) is 16.1. The van der Waals surface area contributed by atoms with Gasteiger partial charge in [-0.15, -0.1) is 0 Å². The second-order valence-corrected chi connectivity index (χ2v) is 9.66. The van der Waals surface area contributed by atoms with Crippen LogP contribution >= 0.6 is 0 Å². The Bertz CT molecular complexity index is 185. The molecule has 98 valence electrons. The number of hydrogen-bond donors (Lipinski definition) is 1. The third-order valence-corrected chi connectivity index (χ3v) is 8.71. The van der Waals surface area contributed by atoms with Crippen molar-refractivity contribution in [3.63, 3.8) is 0 Å². The molecule has 0 saturated heterocycles. The molecule has 0 saturated carbocycles. The molecule has 1 atom stereocenters. The molecule has 0 fully saturated rings. The summed E-state index contributed by atoms with van der Waals surface area (Å²) >= 11 is 0. The van der Waals surface area contributed by atoms with Crippen molar-refractivity contribution in [3.8, 4) is 0 Å². The number of hydrogen-bond acceptors (Lipinski definition) is 6. The van der Waals surface area contributed by atoms with Crippen molar-refractivity contribution in [3.05, 3.63) is 0 Å². The fraction of sp³-hybridized carbons (Fsp3) is 1.00. The maximum Gasteiger partial charge on any atom is 0.669 e. The Morgan fingerprint density at radius 1 is 0.938 bits per heavy atom. The van der Waals surface area contributed by atoms with Crippen LogP contribution in [0.5, 0.6) is 0 Å². The van der Waals surface area contributed by atoms with Gasteiger partial charge >= 0.3 is 17.6 Å². The molecule has 0 bridgehead atoms. The Labute approximate surface area is 99.7 Å². The van der Waals surface area contributed by atoms with E-state index in [2.05, 4.69) is 0 Å². The van der Waals surface area contributed by atoms with Gasteiger partial charge in [-0.05, 0) is 25.6 Å². The quantitative estimate of drug-likeness (QED) is 0.613. The zero-order valence-corrected chi connectivity index (χ0v) is 12.7. The molecule has 1 unspecified atom stereocenters. The summed E-state index contributed by atoms with van der Waals surface area (Å²) in [5.41, 5.74) is 5.48. The minimum atomic E-state index is -3.03. The van der Waals surface area contributed by atoms with Crippen molar-refractivity contribution in [2.24, 2.45) is 5.73 Å². The van der Waals surface area contributed by atoms with Gasteiger partial charge in [0.25, 0.3) is 0 Å². The van der Waals surface area contributed by atoms with Crippen molar-refractivity contribution in [1.29, 1.82) is 0 Å². The van der Waals surface area contributed by atoms with Gasteiger partial charge in [-0.25, -0.2) is 0 Å². The minimum Gasteiger partial charge on any atom is -0.398 e. The van der Waals surface area contributed by atoms with E-state index in [-0.39, 0.29) is 0 Å². The third kappa shape index (κ3) is 4.59. The molecule has 0 aliphatic heterocycles. The maximum absolute atomic E-state index is 5.86. The Morgan fingerprint density at radius 2 is 1.44 bits per heavy atom. The summed E-state index contributed by atoms with van der Waals surface area (Å²) in [5.74, 6) is 0. The second kappa shape index (κ2) is 7.51. The first-order valence-electron chi connectivity index (χ1n) is 5.12. The molecule has 0 radical (unpaired) electrons. The predicted molar refractivity (Wildman–Crippen MR) is 65.0 cm³/mol. The number of nitrogens with two attached hydrogens (primary N) is 1. The van der Waals surface area contributed by atoms with E-state index in [0.29, 0.717) is 6.54 Å². The van der Waals surface area contributed by atoms with Crippen molar-refractivity contribution >= 4 is 17.6 Å². The van der Waals surface area contributed by atoms with Crippen LogP contribution in [0.25, 0.3) is 0 Å². The largest absolute Gasteiger partial charge is 0.669 e. The van der Waals surface area contributed by atoms with Crippen molar-refractivity contribution in [2.75, 3.05) is 35.0 Å². The van der Waals surface area contributed by atoms with E-state index < -0.39 is 17.6 Å². The molecule has 0 aromatic carbocycles. The van der Waals surface area contributed by atoms with E-state index in [1.807, 2.05) is 6.55 Å². The van der Waals surface area contributed by atoms with E-state index in [0.717, 1.165) is 12.5 Å². The van der Waals surface area contributed by atoms with Crippen LogP contribution in [0.1, 0.15) is 6.42 Å². The summed E-state index contributed by atoms with van der Waals surface area (Å²) in [6.45, 7) is 2.55. The second-order valence-electron chi connectivity index (χ2n) is 3.44. The molecule has 0 aliphatic rings. The van der Waals surface area contributed by atoms with Gasteiger partial charge < -0.3 is 27.6 Å². The molecule has 0 spiro atoms. The highest BCUT2D eigenvalue weighted by Crippen LogP contribution is 2.21. The summed E-state index contributed by atoms with van der Waals surface area (Å²) in [4.78, 5) is 0. The van der Waals surface area contributed by atoms with Crippen LogP contribution in [-0.4, -0.2) is 52.6 Å². The Balaban J connectivity index is 4.58. The van der Waals surface area contributed by atoms with Crippen molar-refractivity contribution in [1.82, 2.24) is 0 Å². The highest BCUT2D eigenvalue weighted by Gasteiger charge is 2.50. The molecule has 0 rings (SSSR count). The smallest absolute Gasteiger partial charge is 0.398 e. The van der Waals surface area contributed by atoms with E-state index in [4.69, 9.17) is 27.6 Å². The minimum absolute atomic E-state index is 0.608. The lowest BCUT2D eigenvalue weighted by atomic mass is 10.5. The molecule has 2 N–H and O–H groups in total. The molecule has 8 heteroatoms. The highest BCUT2D eigenvalue weighted by molar-refractivity contribution is 6.75. The molecule has 0 aromatic heterocycles. The zero-order valence-electron chi connectivity index (χ0n) is 10.7. The van der Waals surface area contributed by atoms with Crippen LogP contribution in [0.4, 0.5) is 0 Å². The first kappa shape index (κ1) is 16.2. The van der Waals surface area contributed by atoms with Crippen LogP contribution in [0.2, 0.25) is 12.6 Å². The molecule has 6 nitrogen and oxygen atoms in total. The van der Waals surface area contributed by atoms with Gasteiger partial charge in [-0.2, -0.15) is 0 Å². The fourth-order valence-electron chi connectivity index (χ4n) is 1.26. The molecular weight excluding hydrogens is 246 g/mol. The third-order valence-electron chi connectivity index (χ3n) is 2.36. The van der Waals surface area contributed by atoms with Crippen LogP contribution in [0.15, 0.2) is 0 Å². The first-order valence-corrected chi connectivity index (χ1v) is 9.28. The summed E-state index contributed by atoms with van der Waals surface area (Å²) in [7, 11) is 0.784. The lowest BCUT2D eigenvalue weighted by Gasteiger charge is -2.33. The molecule has 16 heavy (non-hydrogen) atoms. The summed E-state index contributed by atoms with van der Waals surface area (Å²) in [6, 6.07) is 0.783. The van der Waals surface area contributed by atoms with Crippen molar-refractivity contribution < 1.29 is 21.8 Å². The SMILES string of the molecule is CO[Si](C)(CCCN)O[Si](OC)(OC)OC. The monoisotopic (exact) mass is 269 g/mol. The first-order chi connectivity index (χ1) is 7.51. The molecular formula is C8H23NO5Si2. The van der Waals surface area contributed by atoms with Crippen LogP contribution < -0.4 is 5.73 Å². The Kier molecular flexibility index (Phi) is 7.60. The van der Waals surface area contributed by atoms with Crippen LogP contribution in [-0.2, 0) is 21.8 Å². The maximum atomic E-state index is 5.86. The van der Waals surface area contributed by atoms with Gasteiger partial charge in [0, 0.05) is 28.4 Å². The van der Waals surface area contributed by atoms with Gasteiger partial charge in [-0.1, -0.05) is 0 Å². The van der Waals surface area contributed by atoms with Crippen LogP contribution in [0.3, 0.4) is 0 Å². The highest BCUT2D eigenvalue weighted by atomic mass is 28.5. The number of rotatable bonds is 9. The molecule has 0 aromatic rings. The lowest BCUT2D eigenvalue weighted by molar-refractivity contribution is 0.0367. The predicted octanol–water partition coefficient (Wildman–Crippen LogP) is 0.445. The molecule has 0 amide bonds. The lowest BCUT2D eigenvalue weighted by Crippen LogP contribution is -2.56. The fourth-order valence-corrected chi connectivity index (χ4v) is 6.66. The Morgan fingerprint density at radius 3 is 1.75 bits per heavy atom. The average molecular weight is 269 g/mol. The average Bonchev–Trinajstić information content (AvgIpc) is 2.34. The van der Waals surface area contributed by atoms with Crippen molar-refractivity contribution in [2.45, 2.75) is 19.0 Å². The zero-order chi connectivity index (χ0) is 12.7. The van der Waals surface area contributed by atoms with E-state index in [1.54, 1.807) is 7.11 Å². The van der Waals surface area contributed by atoms with Gasteiger partial charge in [0.05, 0.1) is 0 Å². The summed E-state index contributed by atoms with van der Waals surface area (Å²) < 4.78 is 26.9. The van der Waals surface area contributed by atoms with Crippen LogP contribution in [0, 0.1) is 0 Å². The van der Waals surface area contributed by atoms with Gasteiger partial charge in [-0.3, -0.25) is 0 Å². The molecule has 0 aliphatic carbocycles. The van der Waals surface area contributed by atoms with E-state index in [1.165, 1.54) is 21.3 Å². The van der Waals surface area contributed by atoms with Gasteiger partial charge in [0.2, 0.25) is 0 Å². The van der Waals surface area contributed by atoms with Gasteiger partial charge in [0.1, 0.15) is 0 Å². The standard InChI is InChI=1S/C8H23NO5Si2/c1-10-15(5,8-6-7-9)14-16(11-2,12-3)13-4/h6-9H2,1-5H3. The van der Waals surface area contributed by atoms with E-state index in [9.17, 15) is 0 Å². The Hall–Kier alpha value is 0.194. The summed E-state index contributed by atoms with van der Waals surface area (Å²) in [6.07, 6.45) is 0.845. The van der Waals surface area contributed by atoms with Gasteiger partial charge in [0.15, 0.2) is 0 Å². The summed E-state index contributed by atoms with van der Waals surface area (Å²) in [5, 5.41) is 0. The topological polar surface area (TPSA) is 72.2 Å².